The van der Waals surface area contributed by atoms with Crippen LogP contribution in [0.5, 0.6) is 0 Å². The summed E-state index contributed by atoms with van der Waals surface area (Å²) in [5.74, 6) is 0.766. The first-order chi connectivity index (χ1) is 8.99. The Hall–Kier alpha value is -2.08. The van der Waals surface area contributed by atoms with Gasteiger partial charge in [0.1, 0.15) is 5.82 Å². The van der Waals surface area contributed by atoms with Gasteiger partial charge in [0, 0.05) is 14.1 Å². The highest BCUT2D eigenvalue weighted by molar-refractivity contribution is 7.92. The van der Waals surface area contributed by atoms with E-state index < -0.39 is 10.0 Å². The number of anilines is 2. The van der Waals surface area contributed by atoms with Crippen molar-refractivity contribution in [2.24, 2.45) is 0 Å². The Kier molecular flexibility index (Phi) is 3.71. The molecule has 2 aromatic rings. The van der Waals surface area contributed by atoms with Crippen LogP contribution in [0.4, 0.5) is 11.5 Å². The van der Waals surface area contributed by atoms with Gasteiger partial charge in [0.15, 0.2) is 0 Å². The first-order valence-electron chi connectivity index (χ1n) is 5.70. The van der Waals surface area contributed by atoms with Crippen molar-refractivity contribution in [2.45, 2.75) is 4.90 Å². The van der Waals surface area contributed by atoms with E-state index in [1.807, 2.05) is 19.0 Å². The van der Waals surface area contributed by atoms with E-state index in [1.54, 1.807) is 42.5 Å². The second-order valence-electron chi connectivity index (χ2n) is 4.22. The van der Waals surface area contributed by atoms with Crippen molar-refractivity contribution < 1.29 is 8.42 Å². The minimum Gasteiger partial charge on any atom is -0.363 e. The molecule has 1 aromatic carbocycles. The Morgan fingerprint density at radius 3 is 2.26 bits per heavy atom. The molecule has 0 bridgehead atoms. The van der Waals surface area contributed by atoms with E-state index in [9.17, 15) is 8.42 Å². The van der Waals surface area contributed by atoms with E-state index in [1.165, 1.54) is 6.20 Å². The standard InChI is InChI=1S/C13H15N3O2S/c1-16(2)13-9-8-11(10-14-13)15-19(17,18)12-6-4-3-5-7-12/h3-10,15H,1-2H3. The monoisotopic (exact) mass is 277 g/mol. The smallest absolute Gasteiger partial charge is 0.261 e. The van der Waals surface area contributed by atoms with Crippen LogP contribution in [-0.2, 0) is 10.0 Å². The van der Waals surface area contributed by atoms with E-state index in [2.05, 4.69) is 9.71 Å². The van der Waals surface area contributed by atoms with Gasteiger partial charge in [0.05, 0.1) is 16.8 Å². The van der Waals surface area contributed by atoms with Crippen molar-refractivity contribution in [2.75, 3.05) is 23.7 Å². The zero-order chi connectivity index (χ0) is 13.9. The molecule has 0 aliphatic heterocycles. The fraction of sp³-hybridized carbons (Fsp3) is 0.154. The molecular formula is C13H15N3O2S. The number of nitrogens with zero attached hydrogens (tertiary/aromatic N) is 2. The van der Waals surface area contributed by atoms with Gasteiger partial charge < -0.3 is 4.90 Å². The maximum Gasteiger partial charge on any atom is 0.261 e. The lowest BCUT2D eigenvalue weighted by atomic mass is 10.4. The first-order valence-corrected chi connectivity index (χ1v) is 7.18. The lowest BCUT2D eigenvalue weighted by Crippen LogP contribution is -2.14. The third kappa shape index (κ3) is 3.23. The molecule has 0 atom stereocenters. The van der Waals surface area contributed by atoms with Gasteiger partial charge in [-0.25, -0.2) is 13.4 Å². The maximum absolute atomic E-state index is 12.1. The summed E-state index contributed by atoms with van der Waals surface area (Å²) in [5, 5.41) is 0. The molecule has 1 aromatic heterocycles. The van der Waals surface area contributed by atoms with E-state index in [0.717, 1.165) is 5.82 Å². The van der Waals surface area contributed by atoms with E-state index in [4.69, 9.17) is 0 Å². The molecule has 2 rings (SSSR count). The van der Waals surface area contributed by atoms with Gasteiger partial charge >= 0.3 is 0 Å². The van der Waals surface area contributed by atoms with Gasteiger partial charge in [-0.3, -0.25) is 4.72 Å². The fourth-order valence-electron chi connectivity index (χ4n) is 1.52. The molecule has 0 aliphatic carbocycles. The summed E-state index contributed by atoms with van der Waals surface area (Å²) >= 11 is 0. The molecule has 19 heavy (non-hydrogen) atoms. The lowest BCUT2D eigenvalue weighted by Gasteiger charge is -2.12. The summed E-state index contributed by atoms with van der Waals surface area (Å²) in [5.41, 5.74) is 0.439. The van der Waals surface area contributed by atoms with Gasteiger partial charge in [0.25, 0.3) is 10.0 Å². The van der Waals surface area contributed by atoms with Crippen LogP contribution in [-0.4, -0.2) is 27.5 Å². The maximum atomic E-state index is 12.1. The SMILES string of the molecule is CN(C)c1ccc(NS(=O)(=O)c2ccccc2)cn1. The average Bonchev–Trinajstić information content (AvgIpc) is 2.40. The van der Waals surface area contributed by atoms with Crippen molar-refractivity contribution >= 4 is 21.5 Å². The Morgan fingerprint density at radius 2 is 1.74 bits per heavy atom. The summed E-state index contributed by atoms with van der Waals surface area (Å²) < 4.78 is 26.6. The first kappa shape index (κ1) is 13.4. The second-order valence-corrected chi connectivity index (χ2v) is 5.90. The second kappa shape index (κ2) is 5.27. The molecule has 0 saturated carbocycles. The third-order valence-corrected chi connectivity index (χ3v) is 3.91. The molecule has 0 saturated heterocycles. The van der Waals surface area contributed by atoms with Crippen molar-refractivity contribution in [1.29, 1.82) is 0 Å². The number of rotatable bonds is 4. The lowest BCUT2D eigenvalue weighted by molar-refractivity contribution is 0.601. The van der Waals surface area contributed by atoms with Crippen LogP contribution < -0.4 is 9.62 Å². The minimum absolute atomic E-state index is 0.228. The van der Waals surface area contributed by atoms with Crippen LogP contribution in [0, 0.1) is 0 Å². The quantitative estimate of drug-likeness (QED) is 0.928. The number of hydrogen-bond donors (Lipinski definition) is 1. The van der Waals surface area contributed by atoms with E-state index in [0.29, 0.717) is 5.69 Å². The topological polar surface area (TPSA) is 62.3 Å². The Bertz CT molecular complexity index is 637. The van der Waals surface area contributed by atoms with Crippen molar-refractivity contribution in [3.63, 3.8) is 0 Å². The molecule has 0 fully saturated rings. The number of hydrogen-bond acceptors (Lipinski definition) is 4. The summed E-state index contributed by atoms with van der Waals surface area (Å²) in [6.07, 6.45) is 1.50. The van der Waals surface area contributed by atoms with Crippen LogP contribution in [0.1, 0.15) is 0 Å². The Balaban J connectivity index is 2.21. The zero-order valence-electron chi connectivity index (χ0n) is 10.7. The highest BCUT2D eigenvalue weighted by atomic mass is 32.2. The predicted octanol–water partition coefficient (Wildman–Crippen LogP) is 1.95. The molecule has 100 valence electrons. The van der Waals surface area contributed by atoms with Crippen molar-refractivity contribution in [3.8, 4) is 0 Å². The Labute approximate surface area is 113 Å². The number of benzene rings is 1. The minimum atomic E-state index is -3.55. The zero-order valence-corrected chi connectivity index (χ0v) is 11.6. The molecule has 0 amide bonds. The van der Waals surface area contributed by atoms with Gasteiger partial charge in [0.2, 0.25) is 0 Å². The summed E-state index contributed by atoms with van der Waals surface area (Å²) in [7, 11) is 0.192. The summed E-state index contributed by atoms with van der Waals surface area (Å²) in [6.45, 7) is 0. The molecule has 6 heteroatoms. The summed E-state index contributed by atoms with van der Waals surface area (Å²) in [4.78, 5) is 6.23. The number of sulfonamides is 1. The van der Waals surface area contributed by atoms with Crippen molar-refractivity contribution in [3.05, 3.63) is 48.7 Å². The van der Waals surface area contributed by atoms with Crippen LogP contribution in [0.25, 0.3) is 0 Å². The highest BCUT2D eigenvalue weighted by Gasteiger charge is 2.13. The van der Waals surface area contributed by atoms with E-state index >= 15 is 0 Å². The fourth-order valence-corrected chi connectivity index (χ4v) is 2.59. The molecular weight excluding hydrogens is 262 g/mol. The largest absolute Gasteiger partial charge is 0.363 e. The van der Waals surface area contributed by atoms with Crippen molar-refractivity contribution in [1.82, 2.24) is 4.98 Å². The molecule has 0 radical (unpaired) electrons. The highest BCUT2D eigenvalue weighted by Crippen LogP contribution is 2.16. The molecule has 5 nitrogen and oxygen atoms in total. The van der Waals surface area contributed by atoms with Gasteiger partial charge in [-0.15, -0.1) is 0 Å². The molecule has 0 unspecified atom stereocenters. The number of aromatic nitrogens is 1. The van der Waals surface area contributed by atoms with Crippen LogP contribution in [0.2, 0.25) is 0 Å². The van der Waals surface area contributed by atoms with Crippen LogP contribution >= 0.6 is 0 Å². The molecule has 0 aliphatic rings. The molecule has 1 N–H and O–H groups in total. The van der Waals surface area contributed by atoms with Crippen LogP contribution in [0.15, 0.2) is 53.6 Å². The number of pyridine rings is 1. The normalized spacial score (nSPS) is 11.1. The average molecular weight is 277 g/mol. The van der Waals surface area contributed by atoms with Gasteiger partial charge in [-0.1, -0.05) is 18.2 Å². The predicted molar refractivity (Wildman–Crippen MR) is 75.8 cm³/mol. The van der Waals surface area contributed by atoms with Gasteiger partial charge in [-0.2, -0.15) is 0 Å². The number of nitrogens with one attached hydrogen (secondary N) is 1. The van der Waals surface area contributed by atoms with Gasteiger partial charge in [-0.05, 0) is 24.3 Å². The third-order valence-electron chi connectivity index (χ3n) is 2.51. The van der Waals surface area contributed by atoms with E-state index in [-0.39, 0.29) is 4.90 Å². The molecule has 0 spiro atoms. The molecule has 1 heterocycles. The van der Waals surface area contributed by atoms with Crippen LogP contribution in [0.3, 0.4) is 0 Å². The Morgan fingerprint density at radius 1 is 1.05 bits per heavy atom. The summed E-state index contributed by atoms with van der Waals surface area (Å²) in [6, 6.07) is 11.7.